The second-order valence-corrected chi connectivity index (χ2v) is 8.35. The van der Waals surface area contributed by atoms with Crippen LogP contribution in [0.25, 0.3) is 10.9 Å². The molecule has 0 aliphatic heterocycles. The third kappa shape index (κ3) is 5.41. The smallest absolute Gasteiger partial charge is 0.258 e. The molecule has 3 rings (SSSR count). The van der Waals surface area contributed by atoms with E-state index in [1.165, 1.54) is 0 Å². The molecule has 168 valence electrons. The molecule has 7 nitrogen and oxygen atoms in total. The van der Waals surface area contributed by atoms with Crippen molar-refractivity contribution in [2.24, 2.45) is 5.92 Å². The molecule has 0 spiro atoms. The van der Waals surface area contributed by atoms with Gasteiger partial charge in [0, 0.05) is 12.1 Å². The average molecular weight is 435 g/mol. The van der Waals surface area contributed by atoms with Crippen molar-refractivity contribution in [2.45, 2.75) is 46.7 Å². The standard InChI is InChI=1S/C25H30N4O3/c1-5-29(15-22-26-20-13-9-8-12-19(20)24(31)28-22)25(32)21(14-16(2)3)27-23(30)18-11-7-6-10-17(18)4/h6-13,16,21H,5,14-15H2,1-4H3,(H,27,30)(H,26,28,31). The molecule has 2 amide bonds. The number of carbonyl (C=O) groups excluding carboxylic acids is 2. The minimum atomic E-state index is -0.672. The van der Waals surface area contributed by atoms with E-state index in [-0.39, 0.29) is 29.8 Å². The van der Waals surface area contributed by atoms with Crippen LogP contribution in [0.5, 0.6) is 0 Å². The van der Waals surface area contributed by atoms with Gasteiger partial charge in [0.1, 0.15) is 11.9 Å². The van der Waals surface area contributed by atoms with Gasteiger partial charge in [-0.1, -0.05) is 44.2 Å². The Morgan fingerprint density at radius 2 is 1.78 bits per heavy atom. The highest BCUT2D eigenvalue weighted by Crippen LogP contribution is 2.14. The van der Waals surface area contributed by atoms with Crippen molar-refractivity contribution in [1.29, 1.82) is 0 Å². The molecule has 7 heteroatoms. The molecule has 0 fully saturated rings. The van der Waals surface area contributed by atoms with Gasteiger partial charge in [0.05, 0.1) is 17.4 Å². The third-order valence-corrected chi connectivity index (χ3v) is 5.40. The van der Waals surface area contributed by atoms with E-state index in [1.54, 1.807) is 35.2 Å². The molecule has 0 bridgehead atoms. The minimum absolute atomic E-state index is 0.157. The molecular formula is C25H30N4O3. The first kappa shape index (κ1) is 23.2. The molecule has 3 aromatic rings. The van der Waals surface area contributed by atoms with Gasteiger partial charge in [-0.25, -0.2) is 4.98 Å². The van der Waals surface area contributed by atoms with Crippen LogP contribution in [0.1, 0.15) is 48.9 Å². The number of hydrogen-bond acceptors (Lipinski definition) is 4. The summed E-state index contributed by atoms with van der Waals surface area (Å²) in [4.78, 5) is 47.6. The van der Waals surface area contributed by atoms with E-state index in [0.717, 1.165) is 5.56 Å². The summed E-state index contributed by atoms with van der Waals surface area (Å²) in [7, 11) is 0. The average Bonchev–Trinajstić information content (AvgIpc) is 2.76. The molecule has 1 atom stereocenters. The SMILES string of the molecule is CCN(Cc1nc2ccccc2c(=O)[nH]1)C(=O)C(CC(C)C)NC(=O)c1ccccc1C. The van der Waals surface area contributed by atoms with Crippen molar-refractivity contribution in [3.8, 4) is 0 Å². The lowest BCUT2D eigenvalue weighted by Gasteiger charge is -2.28. The molecule has 0 aliphatic rings. The van der Waals surface area contributed by atoms with Crippen LogP contribution in [0.4, 0.5) is 0 Å². The maximum absolute atomic E-state index is 13.4. The van der Waals surface area contributed by atoms with Gasteiger partial charge in [0.15, 0.2) is 0 Å². The maximum atomic E-state index is 13.4. The lowest BCUT2D eigenvalue weighted by Crippen LogP contribution is -2.49. The minimum Gasteiger partial charge on any atom is -0.340 e. The molecule has 32 heavy (non-hydrogen) atoms. The molecule has 0 radical (unpaired) electrons. The number of fused-ring (bicyclic) bond motifs is 1. The van der Waals surface area contributed by atoms with Crippen LogP contribution in [0, 0.1) is 12.8 Å². The molecule has 1 unspecified atom stereocenters. The predicted molar refractivity (Wildman–Crippen MR) is 125 cm³/mol. The second kappa shape index (κ2) is 10.2. The number of nitrogens with one attached hydrogen (secondary N) is 2. The zero-order chi connectivity index (χ0) is 23.3. The van der Waals surface area contributed by atoms with Crippen molar-refractivity contribution in [2.75, 3.05) is 6.54 Å². The lowest BCUT2D eigenvalue weighted by molar-refractivity contribution is -0.134. The molecule has 2 aromatic carbocycles. The van der Waals surface area contributed by atoms with E-state index in [1.807, 2.05) is 45.9 Å². The van der Waals surface area contributed by atoms with Crippen LogP contribution in [-0.2, 0) is 11.3 Å². The Hall–Kier alpha value is -3.48. The number of H-pyrrole nitrogens is 1. The highest BCUT2D eigenvalue weighted by Gasteiger charge is 2.27. The fraction of sp³-hybridized carbons (Fsp3) is 0.360. The molecule has 0 saturated carbocycles. The Morgan fingerprint density at radius 3 is 2.47 bits per heavy atom. The number of benzene rings is 2. The van der Waals surface area contributed by atoms with Crippen LogP contribution in [0.2, 0.25) is 0 Å². The first-order chi connectivity index (χ1) is 15.3. The third-order valence-electron chi connectivity index (χ3n) is 5.40. The predicted octanol–water partition coefficient (Wildman–Crippen LogP) is 3.42. The fourth-order valence-electron chi connectivity index (χ4n) is 3.71. The quantitative estimate of drug-likeness (QED) is 0.568. The van der Waals surface area contributed by atoms with Crippen molar-refractivity contribution < 1.29 is 9.59 Å². The molecule has 0 aliphatic carbocycles. The Bertz CT molecular complexity index is 1170. The van der Waals surface area contributed by atoms with Crippen LogP contribution in [0.15, 0.2) is 53.3 Å². The van der Waals surface area contributed by atoms with Gasteiger partial charge < -0.3 is 15.2 Å². The lowest BCUT2D eigenvalue weighted by atomic mass is 10.0. The zero-order valence-electron chi connectivity index (χ0n) is 19.0. The summed E-state index contributed by atoms with van der Waals surface area (Å²) < 4.78 is 0. The molecule has 1 heterocycles. The number of nitrogens with zero attached hydrogens (tertiary/aromatic N) is 2. The summed E-state index contributed by atoms with van der Waals surface area (Å²) in [5, 5.41) is 3.43. The van der Waals surface area contributed by atoms with E-state index in [2.05, 4.69) is 15.3 Å². The fourth-order valence-corrected chi connectivity index (χ4v) is 3.71. The number of hydrogen-bond donors (Lipinski definition) is 2. The van der Waals surface area contributed by atoms with Crippen molar-refractivity contribution >= 4 is 22.7 Å². The van der Waals surface area contributed by atoms with E-state index >= 15 is 0 Å². The van der Waals surface area contributed by atoms with Gasteiger partial charge in [-0.3, -0.25) is 14.4 Å². The first-order valence-corrected chi connectivity index (χ1v) is 10.9. The second-order valence-electron chi connectivity index (χ2n) is 8.35. The van der Waals surface area contributed by atoms with E-state index in [0.29, 0.717) is 35.3 Å². The van der Waals surface area contributed by atoms with Crippen molar-refractivity contribution in [3.63, 3.8) is 0 Å². The van der Waals surface area contributed by atoms with Crippen LogP contribution in [0.3, 0.4) is 0 Å². The topological polar surface area (TPSA) is 95.2 Å². The van der Waals surface area contributed by atoms with Gasteiger partial charge in [-0.05, 0) is 49.9 Å². The summed E-state index contributed by atoms with van der Waals surface area (Å²) in [5.41, 5.74) is 1.76. The molecule has 1 aromatic heterocycles. The van der Waals surface area contributed by atoms with E-state index < -0.39 is 6.04 Å². The van der Waals surface area contributed by atoms with Gasteiger partial charge in [0.25, 0.3) is 11.5 Å². The normalized spacial score (nSPS) is 12.0. The monoisotopic (exact) mass is 434 g/mol. The molecular weight excluding hydrogens is 404 g/mol. The summed E-state index contributed by atoms with van der Waals surface area (Å²) in [5.74, 6) is 0.158. The number of carbonyl (C=O) groups is 2. The first-order valence-electron chi connectivity index (χ1n) is 10.9. The number of aryl methyl sites for hydroxylation is 1. The number of para-hydroxylation sites is 1. The Labute approximate surface area is 187 Å². The summed E-state index contributed by atoms with van der Waals surface area (Å²) in [6.45, 7) is 8.34. The van der Waals surface area contributed by atoms with Crippen LogP contribution < -0.4 is 10.9 Å². The van der Waals surface area contributed by atoms with Gasteiger partial charge in [-0.2, -0.15) is 0 Å². The Balaban J connectivity index is 1.83. The number of rotatable bonds is 8. The number of aromatic nitrogens is 2. The van der Waals surface area contributed by atoms with Crippen LogP contribution in [-0.4, -0.2) is 39.3 Å². The number of aromatic amines is 1. The Kier molecular flexibility index (Phi) is 7.41. The summed E-state index contributed by atoms with van der Waals surface area (Å²) in [6, 6.07) is 13.7. The van der Waals surface area contributed by atoms with Gasteiger partial charge in [-0.15, -0.1) is 0 Å². The van der Waals surface area contributed by atoms with Crippen LogP contribution >= 0.6 is 0 Å². The van der Waals surface area contributed by atoms with Crippen molar-refractivity contribution in [3.05, 3.63) is 75.8 Å². The van der Waals surface area contributed by atoms with Crippen molar-refractivity contribution in [1.82, 2.24) is 20.2 Å². The number of likely N-dealkylation sites (N-methyl/N-ethyl adjacent to an activating group) is 1. The highest BCUT2D eigenvalue weighted by atomic mass is 16.2. The molecule has 0 saturated heterocycles. The molecule has 2 N–H and O–H groups in total. The van der Waals surface area contributed by atoms with Gasteiger partial charge >= 0.3 is 0 Å². The highest BCUT2D eigenvalue weighted by molar-refractivity contribution is 5.98. The number of amides is 2. The zero-order valence-corrected chi connectivity index (χ0v) is 19.0. The summed E-state index contributed by atoms with van der Waals surface area (Å²) >= 11 is 0. The van der Waals surface area contributed by atoms with E-state index in [9.17, 15) is 14.4 Å². The Morgan fingerprint density at radius 1 is 1.09 bits per heavy atom. The van der Waals surface area contributed by atoms with Gasteiger partial charge in [0.2, 0.25) is 5.91 Å². The largest absolute Gasteiger partial charge is 0.340 e. The maximum Gasteiger partial charge on any atom is 0.258 e. The van der Waals surface area contributed by atoms with E-state index in [4.69, 9.17) is 0 Å². The summed E-state index contributed by atoms with van der Waals surface area (Å²) in [6.07, 6.45) is 0.509.